The molecule has 2 N–H and O–H groups in total. The van der Waals surface area contributed by atoms with Crippen LogP contribution in [0.25, 0.3) is 6.08 Å². The fourth-order valence-electron chi connectivity index (χ4n) is 2.83. The van der Waals surface area contributed by atoms with Gasteiger partial charge in [-0.15, -0.1) is 0 Å². The average Bonchev–Trinajstić information content (AvgIpc) is 2.95. The first-order valence-electron chi connectivity index (χ1n) is 9.26. The highest BCUT2D eigenvalue weighted by Gasteiger charge is 2.18. The molecule has 0 saturated heterocycles. The summed E-state index contributed by atoms with van der Waals surface area (Å²) in [6.45, 7) is 0.603. The van der Waals surface area contributed by atoms with E-state index in [1.54, 1.807) is 24.3 Å². The quantitative estimate of drug-likeness (QED) is 0.729. The number of rotatable bonds is 6. The van der Waals surface area contributed by atoms with Crippen LogP contribution < -0.4 is 9.44 Å². The molecule has 0 saturated carbocycles. The van der Waals surface area contributed by atoms with Crippen LogP contribution in [0.1, 0.15) is 31.2 Å². The van der Waals surface area contributed by atoms with Gasteiger partial charge in [-0.25, -0.2) is 16.8 Å². The van der Waals surface area contributed by atoms with Gasteiger partial charge in [-0.05, 0) is 42.7 Å². The third-order valence-electron chi connectivity index (χ3n) is 4.27. The van der Waals surface area contributed by atoms with E-state index in [9.17, 15) is 16.8 Å². The topological polar surface area (TPSA) is 105 Å². The Morgan fingerprint density at radius 2 is 1.66 bits per heavy atom. The molecule has 0 atom stereocenters. The van der Waals surface area contributed by atoms with Crippen molar-refractivity contribution in [3.05, 3.63) is 65.6 Å². The summed E-state index contributed by atoms with van der Waals surface area (Å²) >= 11 is 0. The maximum Gasteiger partial charge on any atom is 0.262 e. The Hall–Kier alpha value is -2.65. The van der Waals surface area contributed by atoms with Crippen LogP contribution in [0, 0.1) is 0 Å². The first-order chi connectivity index (χ1) is 13.8. The Balaban J connectivity index is 1.74. The molecule has 0 aliphatic carbocycles. The SMILES string of the molecule is O=S(=O)(C=Cc1ccccc1)Nc1cccc(S(=O)(=O)NC2=NCCCCC2)c1. The lowest BCUT2D eigenvalue weighted by Gasteiger charge is -2.11. The van der Waals surface area contributed by atoms with Gasteiger partial charge in [0.25, 0.3) is 20.0 Å². The lowest BCUT2D eigenvalue weighted by Crippen LogP contribution is -2.30. The van der Waals surface area contributed by atoms with E-state index in [4.69, 9.17) is 0 Å². The number of aliphatic imine (C=N–C) groups is 1. The summed E-state index contributed by atoms with van der Waals surface area (Å²) in [6.07, 6.45) is 4.89. The molecule has 0 amide bonds. The van der Waals surface area contributed by atoms with Crippen molar-refractivity contribution in [2.45, 2.75) is 30.6 Å². The summed E-state index contributed by atoms with van der Waals surface area (Å²) in [4.78, 5) is 4.24. The molecule has 9 heteroatoms. The molecule has 1 aliphatic heterocycles. The van der Waals surface area contributed by atoms with Gasteiger partial charge in [0, 0.05) is 13.0 Å². The minimum Gasteiger partial charge on any atom is -0.280 e. The third-order valence-corrected chi connectivity index (χ3v) is 6.66. The van der Waals surface area contributed by atoms with Crippen LogP contribution in [0.15, 0.2) is 69.9 Å². The largest absolute Gasteiger partial charge is 0.280 e. The molecule has 0 radical (unpaired) electrons. The molecule has 0 unspecified atom stereocenters. The van der Waals surface area contributed by atoms with Crippen LogP contribution in [0.3, 0.4) is 0 Å². The van der Waals surface area contributed by atoms with Crippen LogP contribution in [0.2, 0.25) is 0 Å². The van der Waals surface area contributed by atoms with Crippen LogP contribution in [-0.2, 0) is 20.0 Å². The maximum atomic E-state index is 12.7. The molecule has 0 bridgehead atoms. The standard InChI is InChI=1S/C20H23N3O4S2/c24-28(25,15-13-17-8-3-1-4-9-17)22-18-10-7-11-19(16-18)29(26,27)23-20-12-5-2-6-14-21-20/h1,3-4,7-11,13,15-16,22H,2,5-6,12,14H2,(H,21,23). The molecule has 7 nitrogen and oxygen atoms in total. The lowest BCUT2D eigenvalue weighted by atomic mass is 10.2. The normalized spacial score (nSPS) is 15.5. The van der Waals surface area contributed by atoms with Crippen molar-refractivity contribution < 1.29 is 16.8 Å². The van der Waals surface area contributed by atoms with Crippen LogP contribution in [-0.4, -0.2) is 29.2 Å². The summed E-state index contributed by atoms with van der Waals surface area (Å²) in [6, 6.07) is 14.7. The highest BCUT2D eigenvalue weighted by Crippen LogP contribution is 2.18. The van der Waals surface area contributed by atoms with E-state index in [1.165, 1.54) is 30.3 Å². The Morgan fingerprint density at radius 3 is 2.45 bits per heavy atom. The minimum atomic E-state index is -3.84. The fraction of sp³-hybridized carbons (Fsp3) is 0.250. The number of benzene rings is 2. The Labute approximate surface area is 171 Å². The summed E-state index contributed by atoms with van der Waals surface area (Å²) in [5.74, 6) is 0.444. The molecule has 2 aromatic rings. The van der Waals surface area contributed by atoms with Crippen LogP contribution >= 0.6 is 0 Å². The van der Waals surface area contributed by atoms with Gasteiger partial charge in [-0.3, -0.25) is 14.4 Å². The average molecular weight is 434 g/mol. The number of nitrogens with one attached hydrogen (secondary N) is 2. The second kappa shape index (κ2) is 9.23. The van der Waals surface area contributed by atoms with Gasteiger partial charge in [0.1, 0.15) is 5.84 Å². The zero-order chi connectivity index (χ0) is 20.7. The van der Waals surface area contributed by atoms with Crippen LogP contribution in [0.4, 0.5) is 5.69 Å². The van der Waals surface area contributed by atoms with Gasteiger partial charge in [-0.2, -0.15) is 0 Å². The molecule has 154 valence electrons. The minimum absolute atomic E-state index is 0.0308. The van der Waals surface area contributed by atoms with Crippen molar-refractivity contribution in [2.24, 2.45) is 4.99 Å². The highest BCUT2D eigenvalue weighted by atomic mass is 32.2. The summed E-state index contributed by atoms with van der Waals surface area (Å²) < 4.78 is 54.8. The molecule has 1 heterocycles. The van der Waals surface area contributed by atoms with Crippen LogP contribution in [0.5, 0.6) is 0 Å². The van der Waals surface area contributed by atoms with Crippen molar-refractivity contribution >= 4 is 37.6 Å². The smallest absolute Gasteiger partial charge is 0.262 e. The number of hydrogen-bond donors (Lipinski definition) is 2. The molecular weight excluding hydrogens is 410 g/mol. The fourth-order valence-corrected chi connectivity index (χ4v) is 4.82. The number of amidine groups is 1. The van der Waals surface area contributed by atoms with Gasteiger partial charge >= 0.3 is 0 Å². The van der Waals surface area contributed by atoms with Gasteiger partial charge < -0.3 is 0 Å². The van der Waals surface area contributed by atoms with Gasteiger partial charge in [0.05, 0.1) is 16.0 Å². The lowest BCUT2D eigenvalue weighted by molar-refractivity contribution is 0.591. The molecule has 3 rings (SSSR count). The summed E-state index contributed by atoms with van der Waals surface area (Å²) in [5, 5.41) is 1.04. The highest BCUT2D eigenvalue weighted by molar-refractivity contribution is 7.95. The van der Waals surface area contributed by atoms with Gasteiger partial charge in [0.15, 0.2) is 0 Å². The maximum absolute atomic E-state index is 12.7. The predicted octanol–water partition coefficient (Wildman–Crippen LogP) is 3.35. The second-order valence-electron chi connectivity index (χ2n) is 6.63. The predicted molar refractivity (Wildman–Crippen MR) is 116 cm³/mol. The van der Waals surface area contributed by atoms with E-state index < -0.39 is 20.0 Å². The summed E-state index contributed by atoms with van der Waals surface area (Å²) in [7, 11) is -7.64. The van der Waals surface area contributed by atoms with E-state index in [0.717, 1.165) is 30.2 Å². The Kier molecular flexibility index (Phi) is 6.71. The third kappa shape index (κ3) is 6.43. The first kappa shape index (κ1) is 21.1. The van der Waals surface area contributed by atoms with Crippen molar-refractivity contribution in [1.29, 1.82) is 0 Å². The van der Waals surface area contributed by atoms with E-state index >= 15 is 0 Å². The Bertz CT molecular complexity index is 1110. The van der Waals surface area contributed by atoms with E-state index in [1.807, 2.05) is 6.07 Å². The second-order valence-corrected chi connectivity index (χ2v) is 9.88. The Morgan fingerprint density at radius 1 is 0.862 bits per heavy atom. The molecular formula is C20H23N3O4S2. The van der Waals surface area contributed by atoms with E-state index in [2.05, 4.69) is 14.4 Å². The number of anilines is 1. The number of nitrogens with zero attached hydrogens (tertiary/aromatic N) is 1. The van der Waals surface area contributed by atoms with E-state index in [0.29, 0.717) is 18.8 Å². The molecule has 1 aliphatic rings. The first-order valence-corrected chi connectivity index (χ1v) is 12.3. The molecule has 0 aromatic heterocycles. The molecule has 0 fully saturated rings. The number of sulfonamides is 2. The molecule has 2 aromatic carbocycles. The van der Waals surface area contributed by atoms with Gasteiger partial charge in [0.2, 0.25) is 0 Å². The van der Waals surface area contributed by atoms with Crippen molar-refractivity contribution in [1.82, 2.24) is 4.72 Å². The number of hydrogen-bond acceptors (Lipinski definition) is 5. The van der Waals surface area contributed by atoms with Crippen molar-refractivity contribution in [3.8, 4) is 0 Å². The van der Waals surface area contributed by atoms with E-state index in [-0.39, 0.29) is 10.6 Å². The summed E-state index contributed by atoms with van der Waals surface area (Å²) in [5.41, 5.74) is 0.899. The molecule has 29 heavy (non-hydrogen) atoms. The zero-order valence-corrected chi connectivity index (χ0v) is 17.4. The van der Waals surface area contributed by atoms with Crippen molar-refractivity contribution in [2.75, 3.05) is 11.3 Å². The van der Waals surface area contributed by atoms with Gasteiger partial charge in [-0.1, -0.05) is 42.8 Å². The monoisotopic (exact) mass is 433 g/mol. The van der Waals surface area contributed by atoms with Crippen molar-refractivity contribution in [3.63, 3.8) is 0 Å². The molecule has 0 spiro atoms. The zero-order valence-electron chi connectivity index (χ0n) is 15.8.